The van der Waals surface area contributed by atoms with E-state index in [4.69, 9.17) is 21.1 Å². The van der Waals surface area contributed by atoms with Crippen molar-refractivity contribution in [2.24, 2.45) is 0 Å². The molecule has 1 saturated heterocycles. The number of hydrogen-bond acceptors (Lipinski definition) is 8. The number of ether oxygens (including phenoxy) is 3. The number of carbonyl (C=O) groups is 1. The Bertz CT molecular complexity index is 1320. The van der Waals surface area contributed by atoms with Crippen LogP contribution in [0.2, 0.25) is 5.02 Å². The average molecular weight is 544 g/mol. The van der Waals surface area contributed by atoms with Gasteiger partial charge in [0.15, 0.2) is 17.5 Å². The predicted octanol–water partition coefficient (Wildman–Crippen LogP) is 5.69. The number of halogens is 5. The van der Waals surface area contributed by atoms with E-state index in [0.29, 0.717) is 13.0 Å². The van der Waals surface area contributed by atoms with E-state index in [1.54, 1.807) is 20.8 Å². The SMILES string of the molecule is CC(C)(C)OC(=O)N1CC[C@H](Oc2nc3c(Nc4ccc(OC(F)F)c(Cl)c4F)ncnc3cc2F)C1. The second kappa shape index (κ2) is 10.4. The molecule has 1 N–H and O–H groups in total. The maximum Gasteiger partial charge on any atom is 0.410 e. The Morgan fingerprint density at radius 2 is 2.00 bits per heavy atom. The first-order chi connectivity index (χ1) is 17.4. The van der Waals surface area contributed by atoms with Crippen LogP contribution in [0.4, 0.5) is 33.9 Å². The molecule has 9 nitrogen and oxygen atoms in total. The fraction of sp³-hybridized carbons (Fsp3) is 0.391. The third-order valence-electron chi connectivity index (χ3n) is 5.12. The summed E-state index contributed by atoms with van der Waals surface area (Å²) in [6, 6.07) is 3.26. The van der Waals surface area contributed by atoms with Gasteiger partial charge in [0.05, 0.1) is 17.7 Å². The van der Waals surface area contributed by atoms with Crippen LogP contribution in [0.3, 0.4) is 0 Å². The van der Waals surface area contributed by atoms with E-state index in [0.717, 1.165) is 24.5 Å². The highest BCUT2D eigenvalue weighted by Gasteiger charge is 2.32. The zero-order chi connectivity index (χ0) is 26.9. The van der Waals surface area contributed by atoms with Gasteiger partial charge in [0.2, 0.25) is 0 Å². The van der Waals surface area contributed by atoms with Crippen LogP contribution in [0.5, 0.6) is 11.6 Å². The van der Waals surface area contributed by atoms with Gasteiger partial charge in [0.25, 0.3) is 5.88 Å². The highest BCUT2D eigenvalue weighted by molar-refractivity contribution is 6.32. The van der Waals surface area contributed by atoms with Crippen LogP contribution < -0.4 is 14.8 Å². The molecule has 1 aliphatic rings. The minimum Gasteiger partial charge on any atom is -0.470 e. The fourth-order valence-corrected chi connectivity index (χ4v) is 3.75. The smallest absolute Gasteiger partial charge is 0.410 e. The molecule has 14 heteroatoms. The molecule has 1 atom stereocenters. The molecule has 198 valence electrons. The lowest BCUT2D eigenvalue weighted by Gasteiger charge is -2.24. The number of anilines is 2. The number of amides is 1. The number of rotatable bonds is 6. The molecule has 0 aliphatic carbocycles. The number of aromatic nitrogens is 3. The molecule has 0 spiro atoms. The van der Waals surface area contributed by atoms with Crippen molar-refractivity contribution in [2.45, 2.75) is 45.5 Å². The van der Waals surface area contributed by atoms with Gasteiger partial charge in [-0.3, -0.25) is 0 Å². The Labute approximate surface area is 213 Å². The predicted molar refractivity (Wildman–Crippen MR) is 125 cm³/mol. The van der Waals surface area contributed by atoms with Gasteiger partial charge in [0.1, 0.15) is 34.3 Å². The molecule has 2 aromatic heterocycles. The number of hydrogen-bond donors (Lipinski definition) is 1. The van der Waals surface area contributed by atoms with Gasteiger partial charge in [-0.15, -0.1) is 0 Å². The first-order valence-electron chi connectivity index (χ1n) is 11.1. The Hall–Kier alpha value is -3.61. The highest BCUT2D eigenvalue weighted by Crippen LogP contribution is 2.35. The van der Waals surface area contributed by atoms with Crippen molar-refractivity contribution >= 4 is 40.2 Å². The maximum atomic E-state index is 14.7. The molecule has 4 rings (SSSR count). The Balaban J connectivity index is 1.56. The molecule has 1 aliphatic heterocycles. The number of nitrogens with one attached hydrogen (secondary N) is 1. The zero-order valence-corrected chi connectivity index (χ0v) is 20.7. The second-order valence-electron chi connectivity index (χ2n) is 9.06. The van der Waals surface area contributed by atoms with Crippen molar-refractivity contribution in [3.8, 4) is 11.6 Å². The number of fused-ring (bicyclic) bond motifs is 1. The monoisotopic (exact) mass is 543 g/mol. The van der Waals surface area contributed by atoms with E-state index in [1.165, 1.54) is 4.90 Å². The van der Waals surface area contributed by atoms with Gasteiger partial charge in [-0.25, -0.2) is 28.5 Å². The summed E-state index contributed by atoms with van der Waals surface area (Å²) in [5, 5.41) is 1.99. The zero-order valence-electron chi connectivity index (χ0n) is 19.9. The van der Waals surface area contributed by atoms with Gasteiger partial charge >= 0.3 is 12.7 Å². The average Bonchev–Trinajstić information content (AvgIpc) is 3.27. The molecule has 0 radical (unpaired) electrons. The molecular weight excluding hydrogens is 522 g/mol. The molecule has 1 amide bonds. The number of alkyl halides is 2. The van der Waals surface area contributed by atoms with Gasteiger partial charge < -0.3 is 24.4 Å². The number of benzene rings is 1. The summed E-state index contributed by atoms with van der Waals surface area (Å²) in [5.41, 5.74) is -0.743. The van der Waals surface area contributed by atoms with Crippen molar-refractivity contribution in [1.82, 2.24) is 19.9 Å². The van der Waals surface area contributed by atoms with Crippen LogP contribution in [-0.2, 0) is 4.74 Å². The van der Waals surface area contributed by atoms with Gasteiger partial charge in [-0.2, -0.15) is 8.78 Å². The van der Waals surface area contributed by atoms with Crippen molar-refractivity contribution in [3.05, 3.63) is 41.2 Å². The molecule has 37 heavy (non-hydrogen) atoms. The third kappa shape index (κ3) is 6.21. The van der Waals surface area contributed by atoms with Gasteiger partial charge in [-0.1, -0.05) is 11.6 Å². The lowest BCUT2D eigenvalue weighted by molar-refractivity contribution is -0.0499. The number of nitrogens with zero attached hydrogens (tertiary/aromatic N) is 4. The number of likely N-dealkylation sites (tertiary alicyclic amines) is 1. The first kappa shape index (κ1) is 26.5. The summed E-state index contributed by atoms with van der Waals surface area (Å²) in [6.07, 6.45) is 0.476. The number of pyridine rings is 1. The molecule has 3 heterocycles. The van der Waals surface area contributed by atoms with Crippen molar-refractivity contribution in [2.75, 3.05) is 18.4 Å². The van der Waals surface area contributed by atoms with E-state index >= 15 is 0 Å². The molecule has 1 aromatic carbocycles. The van der Waals surface area contributed by atoms with Crippen LogP contribution in [0.1, 0.15) is 27.2 Å². The van der Waals surface area contributed by atoms with Crippen molar-refractivity contribution in [1.29, 1.82) is 0 Å². The minimum absolute atomic E-state index is 0.0193. The Kier molecular flexibility index (Phi) is 7.44. The quantitative estimate of drug-likeness (QED) is 0.396. The maximum absolute atomic E-state index is 14.7. The summed E-state index contributed by atoms with van der Waals surface area (Å²) < 4.78 is 69.7. The van der Waals surface area contributed by atoms with Gasteiger partial charge in [-0.05, 0) is 32.9 Å². The lowest BCUT2D eigenvalue weighted by Crippen LogP contribution is -2.36. The van der Waals surface area contributed by atoms with E-state index in [2.05, 4.69) is 25.0 Å². The highest BCUT2D eigenvalue weighted by atomic mass is 35.5. The van der Waals surface area contributed by atoms with E-state index in [-0.39, 0.29) is 35.0 Å². The van der Waals surface area contributed by atoms with E-state index in [1.807, 2.05) is 0 Å². The van der Waals surface area contributed by atoms with Crippen molar-refractivity contribution < 1.29 is 36.6 Å². The second-order valence-corrected chi connectivity index (χ2v) is 9.44. The van der Waals surface area contributed by atoms with Crippen LogP contribution in [0.25, 0.3) is 11.0 Å². The Morgan fingerprint density at radius 1 is 1.24 bits per heavy atom. The van der Waals surface area contributed by atoms with Gasteiger partial charge in [0, 0.05) is 19.0 Å². The van der Waals surface area contributed by atoms with E-state index in [9.17, 15) is 22.4 Å². The molecular formula is C23H22ClF4N5O4. The van der Waals surface area contributed by atoms with Crippen LogP contribution in [0.15, 0.2) is 24.5 Å². The largest absolute Gasteiger partial charge is 0.470 e. The summed E-state index contributed by atoms with van der Waals surface area (Å²) in [6.45, 7) is 2.60. The summed E-state index contributed by atoms with van der Waals surface area (Å²) >= 11 is 5.81. The van der Waals surface area contributed by atoms with Crippen LogP contribution in [-0.4, -0.2) is 57.4 Å². The van der Waals surface area contributed by atoms with Crippen LogP contribution >= 0.6 is 11.6 Å². The molecule has 0 bridgehead atoms. The molecule has 0 unspecified atom stereocenters. The molecule has 1 fully saturated rings. The third-order valence-corrected chi connectivity index (χ3v) is 5.47. The molecule has 0 saturated carbocycles. The normalized spacial score (nSPS) is 15.8. The summed E-state index contributed by atoms with van der Waals surface area (Å²) in [5.74, 6) is -2.79. The topological polar surface area (TPSA) is 98.7 Å². The number of carbonyl (C=O) groups excluding carboxylic acids is 1. The van der Waals surface area contributed by atoms with E-state index < -0.39 is 46.8 Å². The van der Waals surface area contributed by atoms with Crippen LogP contribution in [0, 0.1) is 11.6 Å². The lowest BCUT2D eigenvalue weighted by atomic mass is 10.2. The summed E-state index contributed by atoms with van der Waals surface area (Å²) in [4.78, 5) is 25.9. The Morgan fingerprint density at radius 3 is 2.70 bits per heavy atom. The van der Waals surface area contributed by atoms with Crippen molar-refractivity contribution in [3.63, 3.8) is 0 Å². The minimum atomic E-state index is -3.19. The standard InChI is InChI=1S/C23H22ClF4N5O4/c1-23(2,3)37-22(34)33-7-6-11(9-33)35-20-12(25)8-14-18(32-20)19(30-10-29-14)31-13-4-5-15(36-21(27)28)16(24)17(13)26/h4-5,8,10-11,21H,6-7,9H2,1-3H3,(H,29,30,31)/t11-/m0/s1. The first-order valence-corrected chi connectivity index (χ1v) is 11.4. The fourth-order valence-electron chi connectivity index (χ4n) is 3.54. The summed E-state index contributed by atoms with van der Waals surface area (Å²) in [7, 11) is 0. The molecule has 3 aromatic rings.